The minimum atomic E-state index is 0. The van der Waals surface area contributed by atoms with Crippen LogP contribution < -0.4 is 0 Å². The van der Waals surface area contributed by atoms with Crippen molar-refractivity contribution in [1.29, 1.82) is 0 Å². The molecule has 1 nitrogen and oxygen atoms in total. The molecule has 0 fully saturated rings. The summed E-state index contributed by atoms with van der Waals surface area (Å²) in [5, 5.41) is 0. The van der Waals surface area contributed by atoms with Gasteiger partial charge in [0.15, 0.2) is 0 Å². The second kappa shape index (κ2) is 20.5. The van der Waals surface area contributed by atoms with Gasteiger partial charge in [-0.25, -0.2) is 0 Å². The number of rotatable bonds is 5. The Labute approximate surface area is 119 Å². The number of carbonyl (C=O) groups excluding carboxylic acids is 1. The van der Waals surface area contributed by atoms with Crippen LogP contribution in [0.15, 0.2) is 0 Å². The Bertz CT molecular complexity index is 109. The summed E-state index contributed by atoms with van der Waals surface area (Å²) in [5.74, 6) is 2.16. The second-order valence-electron chi connectivity index (χ2n) is 3.39. The standard InChI is InChI=1S/C6H13S2.C4H7O.CH4.W/c1-6(2)4-5-8-7-3;1-4(2)3-5;;/h6H,3-5H2,1-2H3;4H,1-2H3;1H4;/q2*-1;;+2. The quantitative estimate of drug-likeness (QED) is 0.368. The molecule has 0 aromatic heterocycles. The third-order valence-corrected chi connectivity index (χ3v) is 2.67. The minimum Gasteiger partial charge on any atom is -0.542 e. The molecular weight excluding hydrogens is 396 g/mol. The molecule has 0 heterocycles. The van der Waals surface area contributed by atoms with E-state index < -0.39 is 0 Å². The van der Waals surface area contributed by atoms with E-state index in [0.717, 1.165) is 5.92 Å². The van der Waals surface area contributed by atoms with Crippen molar-refractivity contribution < 1.29 is 25.9 Å². The molecule has 0 rings (SSSR count). The zero-order chi connectivity index (χ0) is 10.7. The van der Waals surface area contributed by atoms with Crippen LogP contribution in [0, 0.1) is 18.1 Å². The molecule has 0 aromatic rings. The van der Waals surface area contributed by atoms with E-state index in [9.17, 15) is 4.79 Å². The molecule has 0 aliphatic carbocycles. The first-order chi connectivity index (χ1) is 6.04. The van der Waals surface area contributed by atoms with Gasteiger partial charge in [0.25, 0.3) is 0 Å². The number of hydrogen-bond donors (Lipinski definition) is 0. The van der Waals surface area contributed by atoms with Crippen LogP contribution >= 0.6 is 21.6 Å². The first-order valence-electron chi connectivity index (χ1n) is 4.45. The summed E-state index contributed by atoms with van der Waals surface area (Å²) in [6.07, 6.45) is 6.75. The second-order valence-corrected chi connectivity index (χ2v) is 5.69. The minimum absolute atomic E-state index is 0. The van der Waals surface area contributed by atoms with Crippen molar-refractivity contribution in [3.8, 4) is 0 Å². The van der Waals surface area contributed by atoms with E-state index in [-0.39, 0.29) is 34.4 Å². The van der Waals surface area contributed by atoms with Crippen LogP contribution in [0.3, 0.4) is 0 Å². The van der Waals surface area contributed by atoms with Gasteiger partial charge in [0.05, 0.1) is 0 Å². The molecule has 0 aliphatic rings. The van der Waals surface area contributed by atoms with Crippen molar-refractivity contribution in [1.82, 2.24) is 0 Å². The summed E-state index contributed by atoms with van der Waals surface area (Å²) in [5.41, 5.74) is 0. The summed E-state index contributed by atoms with van der Waals surface area (Å²) >= 11 is 0. The van der Waals surface area contributed by atoms with Crippen LogP contribution in [0.5, 0.6) is 0 Å². The summed E-state index contributed by atoms with van der Waals surface area (Å²) in [4.78, 5) is 9.38. The fourth-order valence-electron chi connectivity index (χ4n) is 0.343. The fourth-order valence-corrected chi connectivity index (χ4v) is 1.67. The summed E-state index contributed by atoms with van der Waals surface area (Å²) < 4.78 is 0. The SMILES string of the molecule is C.CC(C)[C-]=O.[CH2-]SSCCC(C)C.[W+2]. The smallest absolute Gasteiger partial charge is 0.542 e. The third kappa shape index (κ3) is 39.5. The zero-order valence-electron chi connectivity index (χ0n) is 9.41. The van der Waals surface area contributed by atoms with E-state index in [1.54, 1.807) is 30.9 Å². The van der Waals surface area contributed by atoms with Crippen molar-refractivity contribution in [2.24, 2.45) is 11.8 Å². The summed E-state index contributed by atoms with van der Waals surface area (Å²) in [6.45, 7) is 8.09. The van der Waals surface area contributed by atoms with E-state index in [1.807, 2.05) is 10.8 Å². The van der Waals surface area contributed by atoms with Gasteiger partial charge in [0.1, 0.15) is 0 Å². The Morgan fingerprint density at radius 3 is 1.87 bits per heavy atom. The molecule has 0 unspecified atom stereocenters. The van der Waals surface area contributed by atoms with E-state index >= 15 is 0 Å². The molecule has 15 heavy (non-hydrogen) atoms. The molecular formula is C11H24OS2W. The molecule has 0 saturated carbocycles. The average Bonchev–Trinajstić information content (AvgIpc) is 2.05. The van der Waals surface area contributed by atoms with E-state index in [2.05, 4.69) is 20.1 Å². The van der Waals surface area contributed by atoms with Gasteiger partial charge in [-0.3, -0.25) is 23.3 Å². The Hall–Kier alpha value is 1.06. The summed E-state index contributed by atoms with van der Waals surface area (Å²) in [6, 6.07) is 0. The van der Waals surface area contributed by atoms with Crippen molar-refractivity contribution in [2.45, 2.75) is 41.5 Å². The molecule has 0 N–H and O–H groups in total. The van der Waals surface area contributed by atoms with Gasteiger partial charge >= 0.3 is 21.1 Å². The maximum absolute atomic E-state index is 9.38. The van der Waals surface area contributed by atoms with Gasteiger partial charge in [-0.15, -0.1) is 16.7 Å². The predicted octanol–water partition coefficient (Wildman–Crippen LogP) is 4.59. The van der Waals surface area contributed by atoms with Crippen LogP contribution in [0.1, 0.15) is 41.5 Å². The van der Waals surface area contributed by atoms with Gasteiger partial charge in [0.2, 0.25) is 0 Å². The maximum Gasteiger partial charge on any atom is 2.00 e. The molecule has 4 heteroatoms. The molecule has 0 aliphatic heterocycles. The normalized spacial score (nSPS) is 8.47. The van der Waals surface area contributed by atoms with Crippen LogP contribution in [0.25, 0.3) is 0 Å². The summed E-state index contributed by atoms with van der Waals surface area (Å²) in [7, 11) is 3.45. The Balaban J connectivity index is -0.0000000770. The van der Waals surface area contributed by atoms with Crippen molar-refractivity contribution in [3.05, 3.63) is 6.26 Å². The van der Waals surface area contributed by atoms with Gasteiger partial charge in [-0.1, -0.05) is 35.1 Å². The molecule has 0 aromatic carbocycles. The van der Waals surface area contributed by atoms with Gasteiger partial charge in [-0.2, -0.15) is 0 Å². The van der Waals surface area contributed by atoms with Crippen molar-refractivity contribution >= 4 is 27.9 Å². The molecule has 0 radical (unpaired) electrons. The first-order valence-corrected chi connectivity index (χ1v) is 6.94. The largest absolute Gasteiger partial charge is 2.00 e. The van der Waals surface area contributed by atoms with E-state index in [0.29, 0.717) is 0 Å². The number of hydrogen-bond acceptors (Lipinski definition) is 3. The van der Waals surface area contributed by atoms with Gasteiger partial charge in [-0.05, 0) is 12.3 Å². The van der Waals surface area contributed by atoms with Crippen LogP contribution in [0.4, 0.5) is 0 Å². The van der Waals surface area contributed by atoms with Gasteiger partial charge < -0.3 is 4.79 Å². The average molecular weight is 420 g/mol. The molecule has 0 atom stereocenters. The van der Waals surface area contributed by atoms with E-state index in [4.69, 9.17) is 0 Å². The van der Waals surface area contributed by atoms with Crippen molar-refractivity contribution in [3.63, 3.8) is 0 Å². The van der Waals surface area contributed by atoms with Crippen molar-refractivity contribution in [2.75, 3.05) is 5.75 Å². The molecule has 92 valence electrons. The monoisotopic (exact) mass is 420 g/mol. The van der Waals surface area contributed by atoms with E-state index in [1.165, 1.54) is 12.2 Å². The Morgan fingerprint density at radius 1 is 1.27 bits per heavy atom. The maximum atomic E-state index is 9.38. The van der Waals surface area contributed by atoms with Crippen LogP contribution in [-0.2, 0) is 25.9 Å². The molecule has 0 bridgehead atoms. The molecule has 0 spiro atoms. The van der Waals surface area contributed by atoms with Crippen LogP contribution in [0.2, 0.25) is 0 Å². The molecule has 0 amide bonds. The van der Waals surface area contributed by atoms with Crippen LogP contribution in [-0.4, -0.2) is 12.0 Å². The Morgan fingerprint density at radius 2 is 1.67 bits per heavy atom. The topological polar surface area (TPSA) is 17.1 Å². The first kappa shape index (κ1) is 25.0. The Kier molecular flexibility index (Phi) is 34.2. The fraction of sp³-hybridized carbons (Fsp3) is 0.818. The predicted molar refractivity (Wildman–Crippen MR) is 72.1 cm³/mol. The zero-order valence-corrected chi connectivity index (χ0v) is 14.0. The molecule has 0 saturated heterocycles. The third-order valence-electron chi connectivity index (χ3n) is 1.10. The van der Waals surface area contributed by atoms with Gasteiger partial charge in [0, 0.05) is 5.75 Å².